The van der Waals surface area contributed by atoms with E-state index in [9.17, 15) is 4.79 Å². The second-order valence-corrected chi connectivity index (χ2v) is 11.4. The van der Waals surface area contributed by atoms with E-state index in [1.54, 1.807) is 6.07 Å². The first kappa shape index (κ1) is 32.9. The van der Waals surface area contributed by atoms with Crippen LogP contribution in [0.4, 0.5) is 0 Å². The zero-order valence-corrected chi connectivity index (χ0v) is 23.9. The summed E-state index contributed by atoms with van der Waals surface area (Å²) in [7, 11) is 2.04. The fourth-order valence-corrected chi connectivity index (χ4v) is 4.25. The molecule has 2 N–H and O–H groups in total. The van der Waals surface area contributed by atoms with E-state index in [2.05, 4.69) is 57.1 Å². The van der Waals surface area contributed by atoms with Crippen LogP contribution in [0.3, 0.4) is 0 Å². The van der Waals surface area contributed by atoms with E-state index < -0.39 is 0 Å². The van der Waals surface area contributed by atoms with Gasteiger partial charge in [-0.1, -0.05) is 71.2 Å². The number of rotatable bonds is 8. The molecule has 1 atom stereocenters. The second kappa shape index (κ2) is 17.3. The number of likely N-dealkylation sites (N-methyl/N-ethyl adjacent to an activating group) is 1. The summed E-state index contributed by atoms with van der Waals surface area (Å²) in [6.07, 6.45) is 4.06. The van der Waals surface area contributed by atoms with Crippen LogP contribution in [0.25, 0.3) is 0 Å². The van der Waals surface area contributed by atoms with Gasteiger partial charge in [0.25, 0.3) is 0 Å². The van der Waals surface area contributed by atoms with Gasteiger partial charge >= 0.3 is 0 Å². The van der Waals surface area contributed by atoms with Crippen LogP contribution in [-0.2, 0) is 16.1 Å². The van der Waals surface area contributed by atoms with Crippen LogP contribution in [-0.4, -0.2) is 50.3 Å². The number of nitrogens with one attached hydrogen (secondary N) is 2. The van der Waals surface area contributed by atoms with E-state index in [1.165, 1.54) is 6.42 Å². The van der Waals surface area contributed by atoms with Crippen LogP contribution >= 0.6 is 23.2 Å². The number of likely N-dealkylation sites (tertiary alicyclic amines) is 1. The Hall–Kier alpha value is -1.14. The van der Waals surface area contributed by atoms with Crippen molar-refractivity contribution in [3.8, 4) is 0 Å². The van der Waals surface area contributed by atoms with Gasteiger partial charge in [-0.3, -0.25) is 4.79 Å². The summed E-state index contributed by atoms with van der Waals surface area (Å²) < 4.78 is 0. The van der Waals surface area contributed by atoms with Crippen LogP contribution in [0, 0.1) is 17.3 Å². The quantitative estimate of drug-likeness (QED) is 0.431. The third-order valence-corrected chi connectivity index (χ3v) is 6.68. The average molecular weight is 517 g/mol. The number of hydrogen-bond acceptors (Lipinski definition) is 4. The molecule has 7 heteroatoms. The predicted molar refractivity (Wildman–Crippen MR) is 147 cm³/mol. The summed E-state index contributed by atoms with van der Waals surface area (Å²) >= 11 is 12.0. The summed E-state index contributed by atoms with van der Waals surface area (Å²) in [6, 6.07) is 5.83. The molecule has 0 saturated carbocycles. The molecule has 196 valence electrons. The van der Waals surface area contributed by atoms with Crippen molar-refractivity contribution in [2.24, 2.45) is 17.3 Å². The number of hydrogen-bond donors (Lipinski definition) is 2. The van der Waals surface area contributed by atoms with E-state index in [0.29, 0.717) is 35.0 Å². The standard InChI is InChI=1S/C21H33Cl2N3O.C5H12.CH2O/c1-21(2,3)19(24-4)14-26-7-5-15(6-8-26)11-20(27)25-13-16-9-17(22)12-18(23)10-16;1-4-5(2)3;1-2/h9-10,12,15,19,24H,5-8,11,13-14H2,1-4H3,(H,25,27);5H,4H2,1-3H3;1H2. The first-order chi connectivity index (χ1) is 15.9. The Balaban J connectivity index is 0.00000138. The summed E-state index contributed by atoms with van der Waals surface area (Å²) in [5, 5.41) is 7.63. The minimum atomic E-state index is 0.104. The number of nitrogens with zero attached hydrogens (tertiary/aromatic N) is 1. The number of piperidine rings is 1. The van der Waals surface area contributed by atoms with Crippen molar-refractivity contribution < 1.29 is 9.59 Å². The van der Waals surface area contributed by atoms with Gasteiger partial charge in [0.15, 0.2) is 0 Å². The lowest BCUT2D eigenvalue weighted by atomic mass is 9.85. The maximum Gasteiger partial charge on any atom is 0.220 e. The second-order valence-electron chi connectivity index (χ2n) is 10.5. The van der Waals surface area contributed by atoms with Crippen molar-refractivity contribution in [1.29, 1.82) is 0 Å². The molecule has 1 amide bonds. The Morgan fingerprint density at radius 3 is 2.03 bits per heavy atom. The monoisotopic (exact) mass is 515 g/mol. The van der Waals surface area contributed by atoms with Crippen LogP contribution < -0.4 is 10.6 Å². The summed E-state index contributed by atoms with van der Waals surface area (Å²) in [5.74, 6) is 1.45. The first-order valence-electron chi connectivity index (χ1n) is 12.3. The topological polar surface area (TPSA) is 61.4 Å². The molecule has 34 heavy (non-hydrogen) atoms. The molecule has 5 nitrogen and oxygen atoms in total. The van der Waals surface area contributed by atoms with E-state index in [0.717, 1.165) is 44.0 Å². The molecular formula is C27H47Cl2N3O2. The molecule has 0 radical (unpaired) electrons. The van der Waals surface area contributed by atoms with Gasteiger partial charge in [-0.25, -0.2) is 0 Å². The predicted octanol–water partition coefficient (Wildman–Crippen LogP) is 6.21. The molecule has 1 aromatic rings. The molecule has 1 fully saturated rings. The molecule has 1 aliphatic heterocycles. The smallest absolute Gasteiger partial charge is 0.220 e. The van der Waals surface area contributed by atoms with Crippen molar-refractivity contribution in [2.75, 3.05) is 26.7 Å². The molecule has 1 unspecified atom stereocenters. The third-order valence-electron chi connectivity index (χ3n) is 6.24. The first-order valence-corrected chi connectivity index (χ1v) is 13.1. The van der Waals surface area contributed by atoms with Crippen molar-refractivity contribution in [3.05, 3.63) is 33.8 Å². The molecule has 1 aromatic carbocycles. The molecule has 1 heterocycles. The van der Waals surface area contributed by atoms with Crippen molar-refractivity contribution in [3.63, 3.8) is 0 Å². The number of carbonyl (C=O) groups excluding carboxylic acids is 2. The van der Waals surface area contributed by atoms with E-state index in [1.807, 2.05) is 26.0 Å². The zero-order valence-electron chi connectivity index (χ0n) is 22.3. The molecule has 2 rings (SSSR count). The van der Waals surface area contributed by atoms with Crippen LogP contribution in [0.2, 0.25) is 10.0 Å². The number of carbonyl (C=O) groups is 2. The molecule has 0 bridgehead atoms. The van der Waals surface area contributed by atoms with Gasteiger partial charge in [0.1, 0.15) is 6.79 Å². The SMILES string of the molecule is C=O.CCC(C)C.CNC(CN1CCC(CC(=O)NCc2cc(Cl)cc(Cl)c2)CC1)C(C)(C)C. The van der Waals surface area contributed by atoms with Crippen molar-refractivity contribution in [1.82, 2.24) is 15.5 Å². The molecule has 1 aliphatic rings. The van der Waals surface area contributed by atoms with Crippen LogP contribution in [0.5, 0.6) is 0 Å². The van der Waals surface area contributed by atoms with Crippen LogP contribution in [0.15, 0.2) is 18.2 Å². The molecule has 0 aromatic heterocycles. The third kappa shape index (κ3) is 14.3. The highest BCUT2D eigenvalue weighted by molar-refractivity contribution is 6.34. The van der Waals surface area contributed by atoms with Gasteiger partial charge in [-0.2, -0.15) is 0 Å². The molecule has 0 aliphatic carbocycles. The fraction of sp³-hybridized carbons (Fsp3) is 0.704. The Labute approximate surface area is 218 Å². The highest BCUT2D eigenvalue weighted by Gasteiger charge is 2.28. The number of halogens is 2. The van der Waals surface area contributed by atoms with Crippen molar-refractivity contribution >= 4 is 35.9 Å². The summed E-state index contributed by atoms with van der Waals surface area (Å²) in [4.78, 5) is 22.8. The van der Waals surface area contributed by atoms with Gasteiger partial charge in [-0.15, -0.1) is 0 Å². The Morgan fingerprint density at radius 1 is 1.12 bits per heavy atom. The largest absolute Gasteiger partial charge is 0.352 e. The van der Waals surface area contributed by atoms with E-state index in [-0.39, 0.29) is 11.3 Å². The lowest BCUT2D eigenvalue weighted by Crippen LogP contribution is -2.49. The normalized spacial score (nSPS) is 15.6. The van der Waals surface area contributed by atoms with Gasteiger partial charge in [0, 0.05) is 35.6 Å². The van der Waals surface area contributed by atoms with Gasteiger partial charge in [0.2, 0.25) is 5.91 Å². The summed E-state index contributed by atoms with van der Waals surface area (Å²) in [6.45, 7) is 19.1. The average Bonchev–Trinajstić information content (AvgIpc) is 2.77. The number of amides is 1. The maximum atomic E-state index is 12.3. The lowest BCUT2D eigenvalue weighted by Gasteiger charge is -2.38. The molecule has 0 spiro atoms. The van der Waals surface area contributed by atoms with Gasteiger partial charge in [0.05, 0.1) is 0 Å². The molecular weight excluding hydrogens is 469 g/mol. The number of benzene rings is 1. The zero-order chi connectivity index (χ0) is 26.3. The summed E-state index contributed by atoms with van der Waals surface area (Å²) in [5.41, 5.74) is 1.17. The Morgan fingerprint density at radius 2 is 1.62 bits per heavy atom. The minimum Gasteiger partial charge on any atom is -0.352 e. The minimum absolute atomic E-state index is 0.104. The molecule has 1 saturated heterocycles. The highest BCUT2D eigenvalue weighted by atomic mass is 35.5. The van der Waals surface area contributed by atoms with Gasteiger partial charge in [-0.05, 0) is 74.0 Å². The maximum absolute atomic E-state index is 12.3. The highest BCUT2D eigenvalue weighted by Crippen LogP contribution is 2.24. The van der Waals surface area contributed by atoms with Crippen molar-refractivity contribution in [2.45, 2.75) is 79.8 Å². The van der Waals surface area contributed by atoms with E-state index >= 15 is 0 Å². The van der Waals surface area contributed by atoms with Crippen LogP contribution in [0.1, 0.15) is 72.8 Å². The Kier molecular flexibility index (Phi) is 16.7. The fourth-order valence-electron chi connectivity index (χ4n) is 3.68. The van der Waals surface area contributed by atoms with Gasteiger partial charge < -0.3 is 20.3 Å². The van der Waals surface area contributed by atoms with E-state index in [4.69, 9.17) is 28.0 Å². The Bertz CT molecular complexity index is 679. The lowest BCUT2D eigenvalue weighted by molar-refractivity contribution is -0.122.